The quantitative estimate of drug-likeness (QED) is 0.742. The van der Waals surface area contributed by atoms with Crippen molar-refractivity contribution in [1.29, 1.82) is 0 Å². The van der Waals surface area contributed by atoms with Crippen molar-refractivity contribution in [2.75, 3.05) is 31.1 Å². The van der Waals surface area contributed by atoms with E-state index in [1.165, 1.54) is 5.69 Å². The fourth-order valence-corrected chi connectivity index (χ4v) is 2.46. The minimum atomic E-state index is -0.366. The Balaban J connectivity index is 1.64. The second-order valence-electron chi connectivity index (χ2n) is 4.86. The average molecular weight is 272 g/mol. The van der Waals surface area contributed by atoms with Crippen LogP contribution in [0.4, 0.5) is 5.69 Å². The summed E-state index contributed by atoms with van der Waals surface area (Å²) < 4.78 is 0. The van der Waals surface area contributed by atoms with Gasteiger partial charge in [-0.15, -0.1) is 0 Å². The van der Waals surface area contributed by atoms with E-state index in [1.807, 2.05) is 23.1 Å². The maximum atomic E-state index is 11.4. The van der Waals surface area contributed by atoms with Crippen molar-refractivity contribution in [3.63, 3.8) is 0 Å². The van der Waals surface area contributed by atoms with Crippen LogP contribution in [0.2, 0.25) is 0 Å². The molecule has 1 N–H and O–H groups in total. The number of rotatable bonds is 1. The Morgan fingerprint density at radius 3 is 2.25 bits per heavy atom. The van der Waals surface area contributed by atoms with Gasteiger partial charge in [0.15, 0.2) is 0 Å². The number of anilines is 1. The topological polar surface area (TPSA) is 65.0 Å². The summed E-state index contributed by atoms with van der Waals surface area (Å²) in [4.78, 5) is 30.8. The Labute approximate surface area is 117 Å². The van der Waals surface area contributed by atoms with E-state index in [2.05, 4.69) is 27.3 Å². The van der Waals surface area contributed by atoms with Crippen molar-refractivity contribution >= 4 is 23.5 Å². The van der Waals surface area contributed by atoms with E-state index in [0.29, 0.717) is 5.96 Å². The second-order valence-corrected chi connectivity index (χ2v) is 4.86. The summed E-state index contributed by atoms with van der Waals surface area (Å²) in [6.07, 6.45) is -0.145. The maximum Gasteiger partial charge on any atom is 0.258 e. The molecule has 6 nitrogen and oxygen atoms in total. The lowest BCUT2D eigenvalue weighted by Crippen LogP contribution is -2.55. The summed E-state index contributed by atoms with van der Waals surface area (Å²) in [7, 11) is 0. The SMILES string of the molecule is O=C1CC(=O)NC(N2CCN(c3ccccc3)CC2)=N1. The van der Waals surface area contributed by atoms with Gasteiger partial charge >= 0.3 is 0 Å². The number of nitrogens with zero attached hydrogens (tertiary/aromatic N) is 3. The zero-order valence-corrected chi connectivity index (χ0v) is 11.1. The lowest BCUT2D eigenvalue weighted by molar-refractivity contribution is -0.127. The molecule has 0 aromatic heterocycles. The van der Waals surface area contributed by atoms with Crippen molar-refractivity contribution in [1.82, 2.24) is 10.2 Å². The number of benzene rings is 1. The lowest BCUT2D eigenvalue weighted by atomic mass is 10.2. The first-order valence-corrected chi connectivity index (χ1v) is 6.69. The number of piperazine rings is 1. The average Bonchev–Trinajstić information content (AvgIpc) is 2.47. The molecule has 1 aromatic rings. The molecule has 0 saturated carbocycles. The van der Waals surface area contributed by atoms with Crippen molar-refractivity contribution in [3.8, 4) is 0 Å². The molecule has 0 bridgehead atoms. The van der Waals surface area contributed by atoms with Crippen LogP contribution in [0.15, 0.2) is 35.3 Å². The molecule has 2 amide bonds. The number of carbonyl (C=O) groups excluding carboxylic acids is 2. The summed E-state index contributed by atoms with van der Waals surface area (Å²) >= 11 is 0. The zero-order valence-electron chi connectivity index (χ0n) is 11.1. The normalized spacial score (nSPS) is 19.7. The molecule has 0 radical (unpaired) electrons. The van der Waals surface area contributed by atoms with E-state index < -0.39 is 0 Å². The summed E-state index contributed by atoms with van der Waals surface area (Å²) in [6.45, 7) is 3.16. The van der Waals surface area contributed by atoms with Gasteiger partial charge in [-0.2, -0.15) is 4.99 Å². The van der Waals surface area contributed by atoms with Crippen molar-refractivity contribution in [2.45, 2.75) is 6.42 Å². The van der Waals surface area contributed by atoms with Crippen molar-refractivity contribution in [2.24, 2.45) is 4.99 Å². The van der Waals surface area contributed by atoms with Crippen LogP contribution in [-0.2, 0) is 9.59 Å². The second kappa shape index (κ2) is 5.32. The monoisotopic (exact) mass is 272 g/mol. The first kappa shape index (κ1) is 12.7. The molecule has 6 heteroatoms. The first-order chi connectivity index (χ1) is 9.72. The number of amides is 2. The Hall–Kier alpha value is -2.37. The highest BCUT2D eigenvalue weighted by molar-refractivity contribution is 6.13. The van der Waals surface area contributed by atoms with Gasteiger partial charge in [0.1, 0.15) is 6.42 Å². The number of aliphatic imine (C=N–C) groups is 1. The van der Waals surface area contributed by atoms with E-state index >= 15 is 0 Å². The fraction of sp³-hybridized carbons (Fsp3) is 0.357. The van der Waals surface area contributed by atoms with Crippen LogP contribution < -0.4 is 10.2 Å². The molecule has 2 aliphatic heterocycles. The van der Waals surface area contributed by atoms with Crippen LogP contribution in [0.25, 0.3) is 0 Å². The summed E-state index contributed by atoms with van der Waals surface area (Å²) in [5.74, 6) is -0.237. The number of hydrogen-bond donors (Lipinski definition) is 1. The Morgan fingerprint density at radius 2 is 1.60 bits per heavy atom. The highest BCUT2D eigenvalue weighted by Gasteiger charge is 2.25. The lowest BCUT2D eigenvalue weighted by Gasteiger charge is -2.37. The molecule has 1 aromatic carbocycles. The third kappa shape index (κ3) is 2.64. The van der Waals surface area contributed by atoms with Gasteiger partial charge in [-0.1, -0.05) is 18.2 Å². The molecule has 0 aliphatic carbocycles. The van der Waals surface area contributed by atoms with Gasteiger partial charge in [0.2, 0.25) is 11.9 Å². The van der Waals surface area contributed by atoms with E-state index in [1.54, 1.807) is 0 Å². The molecule has 0 atom stereocenters. The molecule has 2 aliphatic rings. The molecule has 1 saturated heterocycles. The first-order valence-electron chi connectivity index (χ1n) is 6.69. The third-order valence-corrected chi connectivity index (χ3v) is 3.49. The molecule has 0 unspecified atom stereocenters. The van der Waals surface area contributed by atoms with E-state index in [-0.39, 0.29) is 18.2 Å². The molecular weight excluding hydrogens is 256 g/mol. The molecule has 20 heavy (non-hydrogen) atoms. The third-order valence-electron chi connectivity index (χ3n) is 3.49. The number of hydrogen-bond acceptors (Lipinski definition) is 4. The summed E-state index contributed by atoms with van der Waals surface area (Å²) in [6, 6.07) is 10.2. The van der Waals surface area contributed by atoms with Crippen LogP contribution in [0.5, 0.6) is 0 Å². The number of guanidine groups is 1. The van der Waals surface area contributed by atoms with Gasteiger partial charge < -0.3 is 9.80 Å². The van der Waals surface area contributed by atoms with Gasteiger partial charge in [-0.05, 0) is 12.1 Å². The fourth-order valence-electron chi connectivity index (χ4n) is 2.46. The molecule has 0 spiro atoms. The van der Waals surface area contributed by atoms with E-state index in [0.717, 1.165) is 26.2 Å². The van der Waals surface area contributed by atoms with Crippen molar-refractivity contribution in [3.05, 3.63) is 30.3 Å². The van der Waals surface area contributed by atoms with Gasteiger partial charge in [0, 0.05) is 31.9 Å². The Kier molecular flexibility index (Phi) is 3.37. The van der Waals surface area contributed by atoms with Gasteiger partial charge in [0.05, 0.1) is 0 Å². The Morgan fingerprint density at radius 1 is 0.950 bits per heavy atom. The van der Waals surface area contributed by atoms with E-state index in [4.69, 9.17) is 0 Å². The van der Waals surface area contributed by atoms with Crippen molar-refractivity contribution < 1.29 is 9.59 Å². The predicted molar refractivity (Wildman–Crippen MR) is 75.4 cm³/mol. The minimum absolute atomic E-state index is 0.145. The number of carbonyl (C=O) groups is 2. The molecular formula is C14H16N4O2. The van der Waals surface area contributed by atoms with Crippen LogP contribution in [0, 0.1) is 0 Å². The largest absolute Gasteiger partial charge is 0.368 e. The van der Waals surface area contributed by atoms with Gasteiger partial charge in [-0.25, -0.2) is 0 Å². The zero-order chi connectivity index (χ0) is 13.9. The summed E-state index contributed by atoms with van der Waals surface area (Å²) in [5.41, 5.74) is 1.19. The van der Waals surface area contributed by atoms with Crippen LogP contribution in [0.1, 0.15) is 6.42 Å². The smallest absolute Gasteiger partial charge is 0.258 e. The van der Waals surface area contributed by atoms with Gasteiger partial charge in [0.25, 0.3) is 5.91 Å². The van der Waals surface area contributed by atoms with Crippen LogP contribution in [-0.4, -0.2) is 48.9 Å². The highest BCUT2D eigenvalue weighted by atomic mass is 16.2. The van der Waals surface area contributed by atoms with Crippen LogP contribution >= 0.6 is 0 Å². The number of nitrogens with one attached hydrogen (secondary N) is 1. The minimum Gasteiger partial charge on any atom is -0.368 e. The number of para-hydroxylation sites is 1. The molecule has 104 valence electrons. The molecule has 1 fully saturated rings. The summed E-state index contributed by atoms with van der Waals surface area (Å²) in [5, 5.41) is 2.67. The van der Waals surface area contributed by atoms with E-state index in [9.17, 15) is 9.59 Å². The highest BCUT2D eigenvalue weighted by Crippen LogP contribution is 2.15. The Bertz CT molecular complexity index is 548. The molecule has 3 rings (SSSR count). The maximum absolute atomic E-state index is 11.4. The predicted octanol–water partition coefficient (Wildman–Crippen LogP) is 0.211. The van der Waals surface area contributed by atoms with Crippen LogP contribution in [0.3, 0.4) is 0 Å². The molecule has 2 heterocycles. The van der Waals surface area contributed by atoms with Gasteiger partial charge in [-0.3, -0.25) is 14.9 Å². The standard InChI is InChI=1S/C14H16N4O2/c19-12-10-13(20)16-14(15-12)18-8-6-17(7-9-18)11-4-2-1-3-5-11/h1-5H,6-10H2,(H,15,16,19,20).